The molecule has 0 radical (unpaired) electrons. The van der Waals surface area contributed by atoms with Crippen molar-refractivity contribution in [1.82, 2.24) is 47.1 Å². The van der Waals surface area contributed by atoms with Gasteiger partial charge in [0.05, 0.1) is 6.54 Å². The molecule has 0 spiro atoms. The molecule has 4 aromatic rings. The van der Waals surface area contributed by atoms with Crippen LogP contribution in [0, 0.1) is 11.8 Å². The number of nitrogens with two attached hydrogens (primary N) is 3. The van der Waals surface area contributed by atoms with Gasteiger partial charge in [-0.15, -0.1) is 0 Å². The summed E-state index contributed by atoms with van der Waals surface area (Å²) < 4.78 is 0. The third-order valence-electron chi connectivity index (χ3n) is 13.3. The number of para-hydroxylation sites is 1. The average Bonchev–Trinajstić information content (AvgIpc) is 4.03. The van der Waals surface area contributed by atoms with E-state index >= 15 is 0 Å². The van der Waals surface area contributed by atoms with E-state index in [1.54, 1.807) is 33.9 Å². The van der Waals surface area contributed by atoms with Gasteiger partial charge in [0.1, 0.15) is 42.3 Å². The fourth-order valence-electron chi connectivity index (χ4n) is 9.27. The molecule has 0 aliphatic carbocycles. The minimum atomic E-state index is -1.49. The Morgan fingerprint density at radius 3 is 2.07 bits per heavy atom. The van der Waals surface area contributed by atoms with Crippen molar-refractivity contribution in [3.05, 3.63) is 84.1 Å². The van der Waals surface area contributed by atoms with Crippen LogP contribution in [0.3, 0.4) is 0 Å². The monoisotopic (exact) mass is 1020 g/mol. The van der Waals surface area contributed by atoms with Crippen molar-refractivity contribution in [3.8, 4) is 0 Å². The summed E-state index contributed by atoms with van der Waals surface area (Å²) in [5.41, 5.74) is 18.5. The summed E-state index contributed by atoms with van der Waals surface area (Å²) in [6.07, 6.45) is 1.90. The lowest BCUT2D eigenvalue weighted by atomic mass is 9.98. The highest BCUT2D eigenvalue weighted by atomic mass is 16.2. The predicted molar refractivity (Wildman–Crippen MR) is 277 cm³/mol. The number of carbonyl (C=O) groups is 9. The van der Waals surface area contributed by atoms with Gasteiger partial charge in [0.2, 0.25) is 53.2 Å². The van der Waals surface area contributed by atoms with Gasteiger partial charge < -0.3 is 64.3 Å². The molecule has 3 heterocycles. The Hall–Kier alpha value is -8.04. The van der Waals surface area contributed by atoms with Crippen molar-refractivity contribution < 1.29 is 43.2 Å². The summed E-state index contributed by atoms with van der Waals surface area (Å²) in [6, 6.07) is 11.9. The number of fused-ring (bicyclic) bond motifs is 3. The smallest absolute Gasteiger partial charge is 0.243 e. The number of nitrogens with one attached hydrogen (secondary N) is 8. The van der Waals surface area contributed by atoms with Crippen LogP contribution >= 0.6 is 0 Å². The number of aromatic nitrogens is 1. The zero-order chi connectivity index (χ0) is 53.6. The molecule has 3 aromatic carbocycles. The van der Waals surface area contributed by atoms with Gasteiger partial charge >= 0.3 is 0 Å². The van der Waals surface area contributed by atoms with Crippen LogP contribution in [0.25, 0.3) is 21.7 Å². The predicted octanol–water partition coefficient (Wildman–Crippen LogP) is -0.233. The molecule has 74 heavy (non-hydrogen) atoms. The zero-order valence-corrected chi connectivity index (χ0v) is 42.2. The molecule has 22 heteroatoms. The number of primary amides is 1. The molecule has 2 aliphatic heterocycles. The van der Waals surface area contributed by atoms with Crippen molar-refractivity contribution >= 4 is 80.8 Å². The third kappa shape index (κ3) is 14.8. The van der Waals surface area contributed by atoms with Gasteiger partial charge in [-0.2, -0.15) is 0 Å². The molecule has 14 N–H and O–H groups in total. The first kappa shape index (κ1) is 55.3. The number of guanidine groups is 1. The third-order valence-corrected chi connectivity index (χ3v) is 13.3. The molecule has 6 rings (SSSR count). The van der Waals surface area contributed by atoms with Gasteiger partial charge in [-0.05, 0) is 71.9 Å². The maximum absolute atomic E-state index is 14.8. The van der Waals surface area contributed by atoms with E-state index in [2.05, 4.69) is 47.2 Å². The van der Waals surface area contributed by atoms with Crippen LogP contribution in [-0.4, -0.2) is 131 Å². The first-order chi connectivity index (χ1) is 35.3. The maximum atomic E-state index is 14.8. The molecule has 9 amide bonds. The largest absolute Gasteiger partial charge is 0.370 e. The van der Waals surface area contributed by atoms with Crippen LogP contribution in [0.5, 0.6) is 0 Å². The lowest BCUT2D eigenvalue weighted by molar-refractivity contribution is -0.140. The lowest BCUT2D eigenvalue weighted by Crippen LogP contribution is -2.61. The molecule has 0 unspecified atom stereocenters. The number of carbonyl (C=O) groups excluding carboxylic acids is 9. The SMILES string of the molecule is CC(C)[C@H](NC(=O)[C@@H]1CCC(=O)N2CCC[C@H]2C(=O)N[C@H](Cc2ccc3ccccc3c2)C(=O)N[C@@H](CCCN=C(N)N)C(=O)N[C@@H](Cc2c[nH]c3ccccc23)C(=O)N1)C(=O)N[C@H](C(=O)NCC(N)=O)C(C)C. The second-order valence-electron chi connectivity index (χ2n) is 19.6. The standard InChI is InChI=1S/C52H69N13O9/c1-28(2)43(50(73)58-27-41(53)66)64-51(74)44(29(3)4)63-46(69)37-19-20-42(67)65-22-10-16-40(65)49(72)62-38(24-30-17-18-31-11-5-6-12-32(31)23-30)47(70)59-36(15-9-21-56-52(54)55)45(68)61-39(48(71)60-37)25-33-26-57-35-14-8-7-13-34(33)35/h5-8,11-14,17-18,23,26,28-29,36-40,43-44,57H,9-10,15-16,19-22,24-25,27H2,1-4H3,(H2,53,66)(H,58,73)(H,59,70)(H,60,71)(H,61,68)(H,62,72)(H,63,69)(H,64,74)(H4,54,55,56)/t36-,37-,38+,39-,40-,43-,44-/m0/s1. The van der Waals surface area contributed by atoms with Crippen molar-refractivity contribution in [2.45, 2.75) is 121 Å². The number of nitrogens with zero attached hydrogens (tertiary/aromatic N) is 2. The van der Waals surface area contributed by atoms with E-state index in [-0.39, 0.29) is 64.0 Å². The van der Waals surface area contributed by atoms with E-state index in [4.69, 9.17) is 17.2 Å². The number of aromatic amines is 1. The summed E-state index contributed by atoms with van der Waals surface area (Å²) >= 11 is 0. The molecular weight excluding hydrogens is 951 g/mol. The quantitative estimate of drug-likeness (QED) is 0.0373. The van der Waals surface area contributed by atoms with E-state index < -0.39 is 114 Å². The zero-order valence-electron chi connectivity index (χ0n) is 42.2. The molecule has 7 atom stereocenters. The summed E-state index contributed by atoms with van der Waals surface area (Å²) in [4.78, 5) is 134. The summed E-state index contributed by atoms with van der Waals surface area (Å²) in [6.45, 7) is 6.51. The van der Waals surface area contributed by atoms with E-state index in [1.807, 2.05) is 66.7 Å². The van der Waals surface area contributed by atoms with Crippen LogP contribution < -0.4 is 54.4 Å². The molecule has 396 valence electrons. The van der Waals surface area contributed by atoms with E-state index in [0.717, 1.165) is 21.7 Å². The number of amides is 9. The Kier molecular flexibility index (Phi) is 19.1. The number of hydrogen-bond donors (Lipinski definition) is 11. The normalized spacial score (nSPS) is 20.9. The number of benzene rings is 3. The van der Waals surface area contributed by atoms with E-state index in [1.165, 1.54) is 4.90 Å². The first-order valence-electron chi connectivity index (χ1n) is 25.0. The first-order valence-corrected chi connectivity index (χ1v) is 25.0. The fraction of sp³-hybridized carbons (Fsp3) is 0.462. The van der Waals surface area contributed by atoms with Gasteiger partial charge in [-0.3, -0.25) is 48.1 Å². The van der Waals surface area contributed by atoms with Crippen molar-refractivity contribution in [2.75, 3.05) is 19.6 Å². The Balaban J connectivity index is 1.37. The van der Waals surface area contributed by atoms with E-state index in [0.29, 0.717) is 17.5 Å². The van der Waals surface area contributed by atoms with E-state index in [9.17, 15) is 43.2 Å². The minimum absolute atomic E-state index is 0.00845. The molecule has 2 aliphatic rings. The number of hydrogen-bond acceptors (Lipinski definition) is 10. The molecule has 2 saturated heterocycles. The van der Waals surface area contributed by atoms with Crippen LogP contribution in [0.1, 0.15) is 77.3 Å². The Labute approximate surface area is 428 Å². The molecular formula is C52H69N13O9. The van der Waals surface area contributed by atoms with Gasteiger partial charge in [0.25, 0.3) is 0 Å². The second-order valence-corrected chi connectivity index (χ2v) is 19.6. The van der Waals surface area contributed by atoms with Crippen LogP contribution in [0.2, 0.25) is 0 Å². The maximum Gasteiger partial charge on any atom is 0.243 e. The Morgan fingerprint density at radius 1 is 0.716 bits per heavy atom. The summed E-state index contributed by atoms with van der Waals surface area (Å²) in [5.74, 6) is -7.65. The highest BCUT2D eigenvalue weighted by molar-refractivity contribution is 5.99. The van der Waals surface area contributed by atoms with Crippen LogP contribution in [-0.2, 0) is 56.0 Å². The van der Waals surface area contributed by atoms with Crippen molar-refractivity contribution in [2.24, 2.45) is 34.0 Å². The molecule has 2 fully saturated rings. The molecule has 0 saturated carbocycles. The molecule has 22 nitrogen and oxygen atoms in total. The van der Waals surface area contributed by atoms with Gasteiger partial charge in [0.15, 0.2) is 5.96 Å². The summed E-state index contributed by atoms with van der Waals surface area (Å²) in [7, 11) is 0. The van der Waals surface area contributed by atoms with Crippen LogP contribution in [0.4, 0.5) is 0 Å². The van der Waals surface area contributed by atoms with Crippen molar-refractivity contribution in [3.63, 3.8) is 0 Å². The highest BCUT2D eigenvalue weighted by Crippen LogP contribution is 2.23. The number of rotatable bonds is 17. The minimum Gasteiger partial charge on any atom is -0.370 e. The van der Waals surface area contributed by atoms with Crippen LogP contribution in [0.15, 0.2) is 77.9 Å². The molecule has 1 aromatic heterocycles. The number of H-pyrrole nitrogens is 1. The Bertz CT molecular complexity index is 2750. The Morgan fingerprint density at radius 2 is 1.35 bits per heavy atom. The lowest BCUT2D eigenvalue weighted by Gasteiger charge is -2.29. The topological polar surface area (TPSA) is 347 Å². The van der Waals surface area contributed by atoms with Gasteiger partial charge in [0, 0.05) is 49.5 Å². The van der Waals surface area contributed by atoms with Crippen molar-refractivity contribution in [1.29, 1.82) is 0 Å². The van der Waals surface area contributed by atoms with Gasteiger partial charge in [-0.1, -0.05) is 88.4 Å². The fourth-order valence-corrected chi connectivity index (χ4v) is 9.27. The van der Waals surface area contributed by atoms with Gasteiger partial charge in [-0.25, -0.2) is 0 Å². The number of aliphatic imine (C=N–C) groups is 1. The summed E-state index contributed by atoms with van der Waals surface area (Å²) in [5, 5.41) is 21.7. The average molecular weight is 1020 g/mol. The second kappa shape index (κ2) is 25.6. The molecule has 0 bridgehead atoms. The highest BCUT2D eigenvalue weighted by Gasteiger charge is 2.39.